The molecule has 0 amide bonds. The van der Waals surface area contributed by atoms with Gasteiger partial charge in [-0.15, -0.1) is 36.2 Å². The van der Waals surface area contributed by atoms with Gasteiger partial charge in [-0.1, -0.05) is 30.3 Å². The van der Waals surface area contributed by atoms with Crippen LogP contribution in [-0.2, 0) is 6.54 Å². The number of rotatable bonds is 4. The number of anilines is 1. The standard InChI is InChI=1S/C15H16N6S.2ClH/c1-10-17-8-12(19-10)13-9-22-15(20-13)21-14(16)18-7-11-5-3-2-4-6-11;;/h2-6,8-9H,7H2,1H3,(H,17,19)(H3,16,18,20,21);2*1H. The maximum absolute atomic E-state index is 5.89. The molecule has 9 heteroatoms. The van der Waals surface area contributed by atoms with Crippen LogP contribution in [0.2, 0.25) is 0 Å². The third kappa shape index (κ3) is 5.23. The Labute approximate surface area is 156 Å². The first-order valence-electron chi connectivity index (χ1n) is 6.79. The average molecular weight is 385 g/mol. The lowest BCUT2D eigenvalue weighted by molar-refractivity contribution is 1.06. The first kappa shape index (κ1) is 20.0. The summed E-state index contributed by atoms with van der Waals surface area (Å²) in [5.74, 6) is 1.21. The summed E-state index contributed by atoms with van der Waals surface area (Å²) in [6.07, 6.45) is 1.76. The van der Waals surface area contributed by atoms with Crippen molar-refractivity contribution in [3.63, 3.8) is 0 Å². The minimum absolute atomic E-state index is 0. The fourth-order valence-electron chi connectivity index (χ4n) is 1.91. The van der Waals surface area contributed by atoms with Gasteiger partial charge >= 0.3 is 0 Å². The van der Waals surface area contributed by atoms with E-state index in [0.29, 0.717) is 17.6 Å². The zero-order valence-electron chi connectivity index (χ0n) is 12.9. The van der Waals surface area contributed by atoms with E-state index in [9.17, 15) is 0 Å². The van der Waals surface area contributed by atoms with Crippen molar-refractivity contribution in [2.45, 2.75) is 13.5 Å². The molecule has 0 saturated heterocycles. The van der Waals surface area contributed by atoms with Gasteiger partial charge in [0.25, 0.3) is 0 Å². The van der Waals surface area contributed by atoms with Crippen LogP contribution >= 0.6 is 36.2 Å². The molecule has 3 aromatic rings. The van der Waals surface area contributed by atoms with Crippen LogP contribution < -0.4 is 11.1 Å². The largest absolute Gasteiger partial charge is 0.370 e. The minimum Gasteiger partial charge on any atom is -0.370 e. The molecule has 2 heterocycles. The van der Waals surface area contributed by atoms with Crippen molar-refractivity contribution in [3.05, 3.63) is 53.3 Å². The molecule has 0 spiro atoms. The van der Waals surface area contributed by atoms with Crippen LogP contribution in [0.25, 0.3) is 11.4 Å². The highest BCUT2D eigenvalue weighted by atomic mass is 35.5. The number of guanidine groups is 1. The minimum atomic E-state index is 0. The van der Waals surface area contributed by atoms with Crippen LogP contribution in [0.15, 0.2) is 46.9 Å². The van der Waals surface area contributed by atoms with E-state index >= 15 is 0 Å². The van der Waals surface area contributed by atoms with E-state index in [1.54, 1.807) is 6.20 Å². The third-order valence-corrected chi connectivity index (χ3v) is 3.75. The summed E-state index contributed by atoms with van der Waals surface area (Å²) in [6, 6.07) is 9.96. The van der Waals surface area contributed by atoms with Gasteiger partial charge in [0.05, 0.1) is 18.4 Å². The summed E-state index contributed by atoms with van der Waals surface area (Å²) < 4.78 is 0. The predicted molar refractivity (Wildman–Crippen MR) is 104 cm³/mol. The molecule has 0 aliphatic heterocycles. The van der Waals surface area contributed by atoms with E-state index in [-0.39, 0.29) is 24.8 Å². The molecule has 128 valence electrons. The number of hydrogen-bond acceptors (Lipinski definition) is 4. The van der Waals surface area contributed by atoms with Gasteiger partial charge in [-0.05, 0) is 12.5 Å². The monoisotopic (exact) mass is 384 g/mol. The number of halogens is 2. The lowest BCUT2D eigenvalue weighted by atomic mass is 10.2. The Morgan fingerprint density at radius 2 is 2.04 bits per heavy atom. The number of thiazole rings is 1. The Morgan fingerprint density at radius 3 is 2.71 bits per heavy atom. The highest BCUT2D eigenvalue weighted by molar-refractivity contribution is 7.14. The Balaban J connectivity index is 0.00000144. The predicted octanol–water partition coefficient (Wildman–Crippen LogP) is 3.61. The lowest BCUT2D eigenvalue weighted by Crippen LogP contribution is -2.22. The highest BCUT2D eigenvalue weighted by Crippen LogP contribution is 2.23. The summed E-state index contributed by atoms with van der Waals surface area (Å²) in [7, 11) is 0. The molecule has 0 bridgehead atoms. The summed E-state index contributed by atoms with van der Waals surface area (Å²) in [4.78, 5) is 16.1. The highest BCUT2D eigenvalue weighted by Gasteiger charge is 2.07. The summed E-state index contributed by atoms with van der Waals surface area (Å²) in [5, 5.41) is 5.66. The van der Waals surface area contributed by atoms with Crippen molar-refractivity contribution >= 4 is 47.2 Å². The molecule has 0 unspecified atom stereocenters. The molecule has 0 radical (unpaired) electrons. The molecular weight excluding hydrogens is 367 g/mol. The molecule has 0 atom stereocenters. The number of imidazole rings is 1. The quantitative estimate of drug-likeness (QED) is 0.473. The third-order valence-electron chi connectivity index (χ3n) is 2.99. The van der Waals surface area contributed by atoms with Crippen molar-refractivity contribution in [2.75, 3.05) is 5.32 Å². The Morgan fingerprint density at radius 1 is 1.29 bits per heavy atom. The summed E-state index contributed by atoms with van der Waals surface area (Å²) >= 11 is 1.47. The molecule has 0 fully saturated rings. The van der Waals surface area contributed by atoms with Crippen molar-refractivity contribution in [3.8, 4) is 11.4 Å². The summed E-state index contributed by atoms with van der Waals surface area (Å²) in [5.41, 5.74) is 8.73. The number of nitrogens with one attached hydrogen (secondary N) is 2. The molecule has 0 saturated carbocycles. The Kier molecular flexibility index (Phi) is 7.70. The van der Waals surface area contributed by atoms with Crippen LogP contribution in [0.5, 0.6) is 0 Å². The van der Waals surface area contributed by atoms with Crippen molar-refractivity contribution in [1.82, 2.24) is 15.0 Å². The van der Waals surface area contributed by atoms with Crippen LogP contribution in [0.4, 0.5) is 5.13 Å². The smallest absolute Gasteiger partial charge is 0.195 e. The number of aromatic amines is 1. The number of benzene rings is 1. The SMILES string of the molecule is Cc1ncc(-c2csc(NC(N)=NCc3ccccc3)n2)[nH]1.Cl.Cl. The van der Waals surface area contributed by atoms with Crippen LogP contribution in [-0.4, -0.2) is 20.9 Å². The van der Waals surface area contributed by atoms with Gasteiger partial charge < -0.3 is 16.0 Å². The second-order valence-corrected chi connectivity index (χ2v) is 5.59. The fourth-order valence-corrected chi connectivity index (χ4v) is 2.63. The van der Waals surface area contributed by atoms with E-state index in [4.69, 9.17) is 5.73 Å². The lowest BCUT2D eigenvalue weighted by Gasteiger charge is -2.01. The molecule has 0 aliphatic rings. The van der Waals surface area contributed by atoms with E-state index < -0.39 is 0 Å². The molecule has 1 aromatic carbocycles. The first-order chi connectivity index (χ1) is 10.7. The van der Waals surface area contributed by atoms with E-state index in [2.05, 4.69) is 25.3 Å². The van der Waals surface area contributed by atoms with Gasteiger partial charge in [0.2, 0.25) is 0 Å². The van der Waals surface area contributed by atoms with Crippen molar-refractivity contribution in [2.24, 2.45) is 10.7 Å². The Bertz CT molecular complexity index is 784. The number of aromatic nitrogens is 3. The normalized spacial score (nSPS) is 10.6. The van der Waals surface area contributed by atoms with E-state index in [1.807, 2.05) is 42.6 Å². The molecule has 6 nitrogen and oxygen atoms in total. The molecular formula is C15H18Cl2N6S. The van der Waals surface area contributed by atoms with Crippen molar-refractivity contribution < 1.29 is 0 Å². The number of hydrogen-bond donors (Lipinski definition) is 3. The molecule has 0 aliphatic carbocycles. The van der Waals surface area contributed by atoms with Crippen LogP contribution in [0.1, 0.15) is 11.4 Å². The zero-order valence-corrected chi connectivity index (χ0v) is 15.3. The topological polar surface area (TPSA) is 92.0 Å². The fraction of sp³-hybridized carbons (Fsp3) is 0.133. The number of nitrogens with zero attached hydrogens (tertiary/aromatic N) is 3. The first-order valence-corrected chi connectivity index (χ1v) is 7.67. The van der Waals surface area contributed by atoms with Crippen molar-refractivity contribution in [1.29, 1.82) is 0 Å². The Hall–Kier alpha value is -2.09. The van der Waals surface area contributed by atoms with Gasteiger partial charge in [0.15, 0.2) is 11.1 Å². The number of H-pyrrole nitrogens is 1. The van der Waals surface area contributed by atoms with Gasteiger partial charge in [0, 0.05) is 5.38 Å². The number of aliphatic imine (C=N–C) groups is 1. The van der Waals surface area contributed by atoms with Gasteiger partial charge in [-0.2, -0.15) is 0 Å². The average Bonchev–Trinajstić information content (AvgIpc) is 3.15. The molecule has 3 rings (SSSR count). The van der Waals surface area contributed by atoms with E-state index in [0.717, 1.165) is 22.8 Å². The zero-order chi connectivity index (χ0) is 15.4. The van der Waals surface area contributed by atoms with Crippen LogP contribution in [0, 0.1) is 6.92 Å². The maximum atomic E-state index is 5.89. The summed E-state index contributed by atoms with van der Waals surface area (Å²) in [6.45, 7) is 2.45. The van der Waals surface area contributed by atoms with Gasteiger partial charge in [-0.3, -0.25) is 0 Å². The van der Waals surface area contributed by atoms with Gasteiger partial charge in [-0.25, -0.2) is 15.0 Å². The van der Waals surface area contributed by atoms with Crippen LogP contribution in [0.3, 0.4) is 0 Å². The number of nitrogens with two attached hydrogens (primary N) is 1. The second kappa shape index (κ2) is 9.27. The molecule has 4 N–H and O–H groups in total. The van der Waals surface area contributed by atoms with E-state index in [1.165, 1.54) is 11.3 Å². The maximum Gasteiger partial charge on any atom is 0.195 e. The molecule has 24 heavy (non-hydrogen) atoms. The number of aryl methyl sites for hydroxylation is 1. The van der Waals surface area contributed by atoms with Gasteiger partial charge in [0.1, 0.15) is 11.5 Å². The second-order valence-electron chi connectivity index (χ2n) is 4.73. The molecule has 2 aromatic heterocycles.